The monoisotopic (exact) mass is 312 g/mol. The molecular formula is C12H13ClN4O2S. The van der Waals surface area contributed by atoms with Crippen LogP contribution in [0.4, 0.5) is 11.6 Å². The first-order chi connectivity index (χ1) is 9.53. The van der Waals surface area contributed by atoms with Crippen molar-refractivity contribution in [1.29, 1.82) is 0 Å². The van der Waals surface area contributed by atoms with E-state index in [1.54, 1.807) is 18.2 Å². The molecular weight excluding hydrogens is 300 g/mol. The van der Waals surface area contributed by atoms with Gasteiger partial charge in [-0.1, -0.05) is 11.6 Å². The van der Waals surface area contributed by atoms with Crippen molar-refractivity contribution in [3.63, 3.8) is 0 Å². The Hall–Kier alpha value is -1.86. The van der Waals surface area contributed by atoms with Crippen LogP contribution >= 0.6 is 11.6 Å². The maximum atomic E-state index is 12.2. The number of nitrogens with zero attached hydrogens (tertiary/aromatic N) is 2. The molecule has 0 aromatic carbocycles. The number of hydrogen-bond donors (Lipinski definition) is 2. The van der Waals surface area contributed by atoms with Crippen LogP contribution < -0.4 is 10.0 Å². The Kier molecular flexibility index (Phi) is 4.41. The quantitative estimate of drug-likeness (QED) is 0.885. The Bertz CT molecular complexity index is 689. The number of hydrogen-bond acceptors (Lipinski definition) is 5. The van der Waals surface area contributed by atoms with Gasteiger partial charge in [0, 0.05) is 18.9 Å². The number of nitrogens with one attached hydrogen (secondary N) is 2. The maximum Gasteiger partial charge on any atom is 0.264 e. The minimum absolute atomic E-state index is 0.0425. The zero-order valence-electron chi connectivity index (χ0n) is 10.7. The first kappa shape index (κ1) is 14.5. The second-order valence-corrected chi connectivity index (χ2v) is 5.94. The summed E-state index contributed by atoms with van der Waals surface area (Å²) in [6.07, 6.45) is 2.73. The molecule has 0 fully saturated rings. The fourth-order valence-electron chi connectivity index (χ4n) is 1.47. The van der Waals surface area contributed by atoms with Gasteiger partial charge in [-0.3, -0.25) is 4.72 Å². The molecule has 0 bridgehead atoms. The molecule has 0 aliphatic rings. The summed E-state index contributed by atoms with van der Waals surface area (Å²) in [4.78, 5) is 7.94. The highest BCUT2D eigenvalue weighted by Gasteiger charge is 2.16. The normalized spacial score (nSPS) is 11.1. The molecule has 0 atom stereocenters. The van der Waals surface area contributed by atoms with Gasteiger partial charge >= 0.3 is 0 Å². The lowest BCUT2D eigenvalue weighted by molar-refractivity contribution is 0.600. The molecule has 2 heterocycles. The molecule has 0 saturated heterocycles. The second-order valence-electron chi connectivity index (χ2n) is 3.85. The van der Waals surface area contributed by atoms with Gasteiger partial charge in [-0.2, -0.15) is 0 Å². The molecule has 2 aromatic rings. The number of sulfonamides is 1. The molecule has 0 radical (unpaired) electrons. The third-order valence-electron chi connectivity index (χ3n) is 2.39. The van der Waals surface area contributed by atoms with E-state index >= 15 is 0 Å². The zero-order valence-corrected chi connectivity index (χ0v) is 12.2. The number of pyridine rings is 2. The van der Waals surface area contributed by atoms with Crippen molar-refractivity contribution >= 4 is 33.3 Å². The zero-order chi connectivity index (χ0) is 14.6. The molecule has 2 N–H and O–H groups in total. The van der Waals surface area contributed by atoms with Crippen molar-refractivity contribution < 1.29 is 8.42 Å². The molecule has 8 heteroatoms. The Labute approximate surface area is 122 Å². The third-order valence-corrected chi connectivity index (χ3v) is 4.02. The fraction of sp³-hybridized carbons (Fsp3) is 0.167. The van der Waals surface area contributed by atoms with Gasteiger partial charge in [-0.05, 0) is 31.2 Å². The van der Waals surface area contributed by atoms with Crippen LogP contribution in [0.2, 0.25) is 5.02 Å². The van der Waals surface area contributed by atoms with E-state index in [2.05, 4.69) is 20.0 Å². The van der Waals surface area contributed by atoms with Crippen LogP contribution in [-0.2, 0) is 10.0 Å². The van der Waals surface area contributed by atoms with Gasteiger partial charge in [0.05, 0.1) is 5.02 Å². The van der Waals surface area contributed by atoms with Crippen LogP contribution in [0.5, 0.6) is 0 Å². The number of halogens is 1. The molecule has 0 aliphatic carbocycles. The Morgan fingerprint density at radius 3 is 2.65 bits per heavy atom. The molecule has 2 aromatic heterocycles. The van der Waals surface area contributed by atoms with E-state index in [1.807, 2.05) is 6.92 Å². The predicted octanol–water partition coefficient (Wildman–Crippen LogP) is 2.36. The predicted molar refractivity (Wildman–Crippen MR) is 78.5 cm³/mol. The van der Waals surface area contributed by atoms with E-state index in [4.69, 9.17) is 11.6 Å². The van der Waals surface area contributed by atoms with Crippen molar-refractivity contribution in [2.24, 2.45) is 0 Å². The number of rotatable bonds is 5. The summed E-state index contributed by atoms with van der Waals surface area (Å²) in [6.45, 7) is 2.64. The van der Waals surface area contributed by atoms with Gasteiger partial charge < -0.3 is 5.32 Å². The average Bonchev–Trinajstić information content (AvgIpc) is 2.42. The topological polar surface area (TPSA) is 84.0 Å². The average molecular weight is 313 g/mol. The Morgan fingerprint density at radius 2 is 2.05 bits per heavy atom. The van der Waals surface area contributed by atoms with Crippen LogP contribution in [0.25, 0.3) is 0 Å². The third kappa shape index (κ3) is 3.37. The molecule has 6 nitrogen and oxygen atoms in total. The molecule has 20 heavy (non-hydrogen) atoms. The largest absolute Gasteiger partial charge is 0.370 e. The van der Waals surface area contributed by atoms with Crippen LogP contribution in [-0.4, -0.2) is 24.9 Å². The molecule has 0 spiro atoms. The summed E-state index contributed by atoms with van der Waals surface area (Å²) in [7, 11) is -3.75. The highest BCUT2D eigenvalue weighted by Crippen LogP contribution is 2.21. The Morgan fingerprint density at radius 1 is 1.25 bits per heavy atom. The van der Waals surface area contributed by atoms with Gasteiger partial charge in [-0.25, -0.2) is 18.4 Å². The number of aromatic nitrogens is 2. The number of anilines is 2. The second kappa shape index (κ2) is 6.06. The molecule has 0 aliphatic heterocycles. The summed E-state index contributed by atoms with van der Waals surface area (Å²) in [5, 5.41) is 3.22. The minimum atomic E-state index is -3.75. The highest BCUT2D eigenvalue weighted by molar-refractivity contribution is 7.92. The SMILES string of the molecule is CCNc1ccc(S(=O)(=O)Nc2ncccc2Cl)cn1. The first-order valence-corrected chi connectivity index (χ1v) is 7.72. The van der Waals surface area contributed by atoms with Crippen LogP contribution in [0.3, 0.4) is 0 Å². The standard InChI is InChI=1S/C12H13ClN4O2S/c1-2-14-11-6-5-9(8-16-11)20(18,19)17-12-10(13)4-3-7-15-12/h3-8H,2H2,1H3,(H,14,16)(H,15,17). The highest BCUT2D eigenvalue weighted by atomic mass is 35.5. The smallest absolute Gasteiger partial charge is 0.264 e. The van der Waals surface area contributed by atoms with E-state index in [0.717, 1.165) is 0 Å². The minimum Gasteiger partial charge on any atom is -0.370 e. The van der Waals surface area contributed by atoms with Crippen LogP contribution in [0.15, 0.2) is 41.6 Å². The van der Waals surface area contributed by atoms with Crippen molar-refractivity contribution in [2.75, 3.05) is 16.6 Å². The van der Waals surface area contributed by atoms with E-state index in [-0.39, 0.29) is 15.7 Å². The van der Waals surface area contributed by atoms with E-state index in [1.165, 1.54) is 18.5 Å². The molecule has 0 amide bonds. The summed E-state index contributed by atoms with van der Waals surface area (Å²) in [5.74, 6) is 0.701. The molecule has 0 unspecified atom stereocenters. The van der Waals surface area contributed by atoms with Gasteiger partial charge in [0.1, 0.15) is 10.7 Å². The van der Waals surface area contributed by atoms with E-state index < -0.39 is 10.0 Å². The van der Waals surface area contributed by atoms with E-state index in [0.29, 0.717) is 12.4 Å². The van der Waals surface area contributed by atoms with Gasteiger partial charge in [0.15, 0.2) is 5.82 Å². The van der Waals surface area contributed by atoms with Crippen molar-refractivity contribution in [2.45, 2.75) is 11.8 Å². The summed E-state index contributed by atoms with van der Waals surface area (Å²) >= 11 is 5.87. The molecule has 2 rings (SSSR count). The van der Waals surface area contributed by atoms with E-state index in [9.17, 15) is 8.42 Å². The fourth-order valence-corrected chi connectivity index (χ4v) is 2.67. The lowest BCUT2D eigenvalue weighted by Gasteiger charge is -2.09. The summed E-state index contributed by atoms with van der Waals surface area (Å²) in [6, 6.07) is 6.23. The maximum absolute atomic E-state index is 12.2. The van der Waals surface area contributed by atoms with Crippen molar-refractivity contribution in [1.82, 2.24) is 9.97 Å². The molecule has 106 valence electrons. The van der Waals surface area contributed by atoms with Gasteiger partial charge in [0.25, 0.3) is 10.0 Å². The van der Waals surface area contributed by atoms with Crippen LogP contribution in [0, 0.1) is 0 Å². The van der Waals surface area contributed by atoms with Gasteiger partial charge in [-0.15, -0.1) is 0 Å². The van der Waals surface area contributed by atoms with Gasteiger partial charge in [0.2, 0.25) is 0 Å². The lowest BCUT2D eigenvalue weighted by atomic mass is 10.4. The first-order valence-electron chi connectivity index (χ1n) is 5.86. The van der Waals surface area contributed by atoms with Crippen LogP contribution in [0.1, 0.15) is 6.92 Å². The van der Waals surface area contributed by atoms with Crippen molar-refractivity contribution in [3.8, 4) is 0 Å². The molecule has 0 saturated carbocycles. The summed E-state index contributed by atoms with van der Waals surface area (Å²) < 4.78 is 26.6. The Balaban J connectivity index is 2.24. The summed E-state index contributed by atoms with van der Waals surface area (Å²) in [5.41, 5.74) is 0. The van der Waals surface area contributed by atoms with Crippen molar-refractivity contribution in [3.05, 3.63) is 41.7 Å². The lowest BCUT2D eigenvalue weighted by Crippen LogP contribution is -2.14.